The molecule has 0 aromatic carbocycles. The smallest absolute Gasteiger partial charge is 0.547 e. The summed E-state index contributed by atoms with van der Waals surface area (Å²) in [5, 5.41) is 35.7. The van der Waals surface area contributed by atoms with E-state index in [2.05, 4.69) is 0 Å². The molecule has 66 valence electrons. The average Bonchev–Trinajstić information content (AvgIpc) is 1.84. The van der Waals surface area contributed by atoms with E-state index >= 15 is 0 Å². The molecule has 0 rings (SSSR count). The Labute approximate surface area is 96.9 Å². The molecule has 0 amide bonds. The molecule has 8 heteroatoms. The minimum atomic E-state index is -2.44. The van der Waals surface area contributed by atoms with Crippen molar-refractivity contribution in [2.45, 2.75) is 12.2 Å². The Bertz CT molecular complexity index is 139. The molecular formula is C4H6CaO7. The molecular weight excluding hydrogens is 200 g/mol. The predicted molar refractivity (Wildman–Crippen MR) is 31.4 cm³/mol. The van der Waals surface area contributed by atoms with Crippen molar-refractivity contribution in [3.05, 3.63) is 0 Å². The van der Waals surface area contributed by atoms with Gasteiger partial charge in [-0.3, -0.25) is 0 Å². The second-order valence-corrected chi connectivity index (χ2v) is 1.53. The summed E-state index contributed by atoms with van der Waals surface area (Å²) < 4.78 is 0. The third-order valence-corrected chi connectivity index (χ3v) is 0.782. The van der Waals surface area contributed by atoms with E-state index in [1.54, 1.807) is 0 Å². The van der Waals surface area contributed by atoms with Crippen LogP contribution in [0.25, 0.3) is 0 Å². The van der Waals surface area contributed by atoms with Crippen LogP contribution < -0.4 is 10.2 Å². The number of carboxylic acids is 2. The molecule has 7 nitrogen and oxygen atoms in total. The number of aliphatic hydroxyl groups is 2. The van der Waals surface area contributed by atoms with Crippen molar-refractivity contribution in [1.82, 2.24) is 0 Å². The molecule has 0 radical (unpaired) electrons. The number of aliphatic hydroxyl groups excluding tert-OH is 2. The molecule has 0 aromatic heterocycles. The number of carboxylic acid groups (broad SMARTS) is 2. The number of hydrogen-bond donors (Lipinski definition) is 2. The molecule has 0 aromatic rings. The molecule has 12 heavy (non-hydrogen) atoms. The van der Waals surface area contributed by atoms with Gasteiger partial charge in [-0.1, -0.05) is 0 Å². The quantitative estimate of drug-likeness (QED) is 0.438. The number of hydrogen-bond acceptors (Lipinski definition) is 6. The average molecular weight is 206 g/mol. The number of aliphatic carboxylic acids is 2. The Morgan fingerprint density at radius 1 is 1.00 bits per heavy atom. The van der Waals surface area contributed by atoms with Crippen molar-refractivity contribution < 1.29 is 35.5 Å². The first-order valence-corrected chi connectivity index (χ1v) is 2.24. The zero-order valence-corrected chi connectivity index (χ0v) is 8.10. The van der Waals surface area contributed by atoms with Crippen LogP contribution in [0.4, 0.5) is 0 Å². The minimum Gasteiger partial charge on any atom is -0.547 e. The molecule has 0 fully saturated rings. The fourth-order valence-electron chi connectivity index (χ4n) is 0.258. The van der Waals surface area contributed by atoms with Crippen molar-refractivity contribution in [3.63, 3.8) is 0 Å². The van der Waals surface area contributed by atoms with Gasteiger partial charge >= 0.3 is 37.7 Å². The van der Waals surface area contributed by atoms with E-state index in [9.17, 15) is 19.8 Å². The van der Waals surface area contributed by atoms with Gasteiger partial charge in [0.05, 0.1) is 11.9 Å². The van der Waals surface area contributed by atoms with Gasteiger partial charge in [0, 0.05) is 0 Å². The third kappa shape index (κ3) is 5.69. The van der Waals surface area contributed by atoms with E-state index in [4.69, 9.17) is 10.2 Å². The zero-order valence-electron chi connectivity index (χ0n) is 5.89. The van der Waals surface area contributed by atoms with Crippen molar-refractivity contribution >= 4 is 49.7 Å². The Kier molecular flexibility index (Phi) is 11.6. The minimum absolute atomic E-state index is 0. The largest absolute Gasteiger partial charge is 2.00 e. The van der Waals surface area contributed by atoms with E-state index in [-0.39, 0.29) is 43.2 Å². The van der Waals surface area contributed by atoms with Crippen LogP contribution in [0.2, 0.25) is 0 Å². The molecule has 0 aliphatic heterocycles. The van der Waals surface area contributed by atoms with Gasteiger partial charge < -0.3 is 35.5 Å². The van der Waals surface area contributed by atoms with Gasteiger partial charge in [-0.25, -0.2) is 0 Å². The van der Waals surface area contributed by atoms with E-state index in [0.717, 1.165) is 0 Å². The summed E-state index contributed by atoms with van der Waals surface area (Å²) >= 11 is 0. The molecule has 0 saturated heterocycles. The van der Waals surface area contributed by atoms with Gasteiger partial charge in [0.15, 0.2) is 0 Å². The van der Waals surface area contributed by atoms with E-state index in [0.29, 0.717) is 0 Å². The molecule has 4 N–H and O–H groups in total. The maximum Gasteiger partial charge on any atom is 2.00 e. The fourth-order valence-corrected chi connectivity index (χ4v) is 0.258. The summed E-state index contributed by atoms with van der Waals surface area (Å²) in [6.07, 6.45) is -4.88. The molecule has 2 atom stereocenters. The van der Waals surface area contributed by atoms with E-state index in [1.807, 2.05) is 0 Å². The van der Waals surface area contributed by atoms with Crippen molar-refractivity contribution in [2.75, 3.05) is 0 Å². The first-order chi connectivity index (χ1) is 4.46. The van der Waals surface area contributed by atoms with Crippen LogP contribution in [-0.4, -0.2) is 77.6 Å². The molecule has 0 bridgehead atoms. The summed E-state index contributed by atoms with van der Waals surface area (Å²) in [4.78, 5) is 19.3. The Balaban J connectivity index is -0.000000405. The van der Waals surface area contributed by atoms with Crippen LogP contribution in [0, 0.1) is 0 Å². The summed E-state index contributed by atoms with van der Waals surface area (Å²) in [5.41, 5.74) is 0. The van der Waals surface area contributed by atoms with Crippen LogP contribution >= 0.6 is 0 Å². The Morgan fingerprint density at radius 3 is 1.25 bits per heavy atom. The van der Waals surface area contributed by atoms with E-state index in [1.165, 1.54) is 0 Å². The van der Waals surface area contributed by atoms with E-state index < -0.39 is 24.1 Å². The third-order valence-electron chi connectivity index (χ3n) is 0.782. The predicted octanol–water partition coefficient (Wildman–Crippen LogP) is -6.00. The maximum atomic E-state index is 9.63. The Hall–Kier alpha value is 0.0797. The van der Waals surface area contributed by atoms with Crippen molar-refractivity contribution in [2.24, 2.45) is 0 Å². The van der Waals surface area contributed by atoms with Gasteiger partial charge in [-0.2, -0.15) is 0 Å². The van der Waals surface area contributed by atoms with Gasteiger partial charge in [0.1, 0.15) is 12.2 Å². The summed E-state index contributed by atoms with van der Waals surface area (Å²) in [6, 6.07) is 0. The number of rotatable bonds is 3. The normalized spacial score (nSPS) is 13.2. The SMILES string of the molecule is O.O=C([O-])C(O)C(O)C(=O)[O-].[Ca+2]. The second kappa shape index (κ2) is 7.71. The molecule has 0 spiro atoms. The molecule has 0 aliphatic rings. The number of carbonyl (C=O) groups is 2. The first-order valence-electron chi connectivity index (χ1n) is 2.24. The van der Waals surface area contributed by atoms with Crippen LogP contribution in [0.3, 0.4) is 0 Å². The van der Waals surface area contributed by atoms with Crippen LogP contribution in [0.5, 0.6) is 0 Å². The standard InChI is InChI=1S/C4H6O6.Ca.H2O/c5-1(3(7)8)2(6)4(9)10;;/h1-2,5-6H,(H,7,8)(H,9,10);;1H2/q;+2;/p-2. The van der Waals surface area contributed by atoms with Gasteiger partial charge in [0.25, 0.3) is 0 Å². The summed E-state index contributed by atoms with van der Waals surface area (Å²) in [7, 11) is 0. The van der Waals surface area contributed by atoms with Gasteiger partial charge in [-0.05, 0) is 0 Å². The molecule has 0 saturated carbocycles. The van der Waals surface area contributed by atoms with Crippen LogP contribution in [0.1, 0.15) is 0 Å². The summed E-state index contributed by atoms with van der Waals surface area (Å²) in [6.45, 7) is 0. The van der Waals surface area contributed by atoms with Gasteiger partial charge in [0.2, 0.25) is 0 Å². The van der Waals surface area contributed by atoms with Gasteiger partial charge in [-0.15, -0.1) is 0 Å². The topological polar surface area (TPSA) is 152 Å². The maximum absolute atomic E-state index is 9.63. The summed E-state index contributed by atoms with van der Waals surface area (Å²) in [5.74, 6) is -4.12. The molecule has 0 aliphatic carbocycles. The number of carbonyl (C=O) groups excluding carboxylic acids is 2. The first kappa shape index (κ1) is 18.0. The van der Waals surface area contributed by atoms with Crippen LogP contribution in [0.15, 0.2) is 0 Å². The van der Waals surface area contributed by atoms with Crippen LogP contribution in [-0.2, 0) is 9.59 Å². The Morgan fingerprint density at radius 2 is 1.17 bits per heavy atom. The zero-order chi connectivity index (χ0) is 8.31. The fraction of sp³-hybridized carbons (Fsp3) is 0.500. The van der Waals surface area contributed by atoms with Crippen molar-refractivity contribution in [1.29, 1.82) is 0 Å². The van der Waals surface area contributed by atoms with Crippen molar-refractivity contribution in [3.8, 4) is 0 Å². The molecule has 0 heterocycles. The monoisotopic (exact) mass is 206 g/mol. The molecule has 2 unspecified atom stereocenters. The second-order valence-electron chi connectivity index (χ2n) is 1.53.